The van der Waals surface area contributed by atoms with Crippen LogP contribution >= 0.6 is 0 Å². The minimum absolute atomic E-state index is 0.0409. The SMILES string of the molecule is CC(C)C[C@H](NC(=O)OCc1ccccc1)C(=O)NC1=CNC(c2ccccc2F)NC1=O. The van der Waals surface area contributed by atoms with E-state index < -0.39 is 35.9 Å². The maximum Gasteiger partial charge on any atom is 0.408 e. The molecule has 0 saturated heterocycles. The molecule has 2 aromatic rings. The summed E-state index contributed by atoms with van der Waals surface area (Å²) >= 11 is 0. The lowest BCUT2D eigenvalue weighted by Crippen LogP contribution is -2.51. The highest BCUT2D eigenvalue weighted by Crippen LogP contribution is 2.17. The van der Waals surface area contributed by atoms with Gasteiger partial charge in [0.25, 0.3) is 5.91 Å². The number of rotatable bonds is 8. The van der Waals surface area contributed by atoms with E-state index in [2.05, 4.69) is 21.3 Å². The lowest BCUT2D eigenvalue weighted by Gasteiger charge is -2.27. The number of hydrogen-bond donors (Lipinski definition) is 4. The maximum absolute atomic E-state index is 14.0. The molecule has 9 heteroatoms. The zero-order valence-corrected chi connectivity index (χ0v) is 18.4. The van der Waals surface area contributed by atoms with Gasteiger partial charge in [0.05, 0.1) is 0 Å². The molecule has 3 amide bonds. The molecule has 1 unspecified atom stereocenters. The second-order valence-electron chi connectivity index (χ2n) is 8.03. The van der Waals surface area contributed by atoms with Crippen LogP contribution in [0.25, 0.3) is 0 Å². The van der Waals surface area contributed by atoms with Crippen LogP contribution in [0.1, 0.15) is 37.6 Å². The van der Waals surface area contributed by atoms with Gasteiger partial charge in [-0.05, 0) is 24.0 Å². The minimum atomic E-state index is -0.911. The van der Waals surface area contributed by atoms with Gasteiger partial charge in [-0.2, -0.15) is 0 Å². The summed E-state index contributed by atoms with van der Waals surface area (Å²) in [4.78, 5) is 37.5. The topological polar surface area (TPSA) is 109 Å². The van der Waals surface area contributed by atoms with Gasteiger partial charge in [-0.15, -0.1) is 0 Å². The molecule has 0 fully saturated rings. The summed E-state index contributed by atoms with van der Waals surface area (Å²) in [5, 5.41) is 10.5. The number of hydrogen-bond acceptors (Lipinski definition) is 5. The van der Waals surface area contributed by atoms with Gasteiger partial charge >= 0.3 is 6.09 Å². The van der Waals surface area contributed by atoms with Gasteiger partial charge in [0.15, 0.2) is 0 Å². The van der Waals surface area contributed by atoms with E-state index >= 15 is 0 Å². The molecular formula is C24H27FN4O4. The first-order valence-corrected chi connectivity index (χ1v) is 10.6. The summed E-state index contributed by atoms with van der Waals surface area (Å²) < 4.78 is 19.2. The highest BCUT2D eigenvalue weighted by atomic mass is 19.1. The first-order chi connectivity index (χ1) is 15.8. The highest BCUT2D eigenvalue weighted by Gasteiger charge is 2.28. The zero-order valence-electron chi connectivity index (χ0n) is 18.4. The molecule has 0 radical (unpaired) electrons. The molecule has 1 heterocycles. The summed E-state index contributed by atoms with van der Waals surface area (Å²) in [6.07, 6.45) is 0.150. The van der Waals surface area contributed by atoms with Gasteiger partial charge in [0.1, 0.15) is 30.3 Å². The number of alkyl carbamates (subject to hydrolysis) is 1. The Morgan fingerprint density at radius 1 is 1.09 bits per heavy atom. The standard InChI is InChI=1S/C24H27FN4O4/c1-15(2)12-19(28-24(32)33-14-16-8-4-3-5-9-16)22(30)27-20-13-26-21(29-23(20)31)17-10-6-7-11-18(17)25/h3-11,13,15,19,21,26H,12,14H2,1-2H3,(H,27,30)(H,28,32)(H,29,31)/t19-,21?/m0/s1. The number of amides is 3. The van der Waals surface area contributed by atoms with E-state index in [0.717, 1.165) is 5.56 Å². The molecule has 0 aromatic heterocycles. The first kappa shape index (κ1) is 23.8. The van der Waals surface area contributed by atoms with Crippen LogP contribution in [-0.2, 0) is 20.9 Å². The lowest BCUT2D eigenvalue weighted by atomic mass is 10.0. The van der Waals surface area contributed by atoms with Crippen molar-refractivity contribution in [2.75, 3.05) is 0 Å². The van der Waals surface area contributed by atoms with Crippen LogP contribution in [0.4, 0.5) is 9.18 Å². The number of nitrogens with one attached hydrogen (secondary N) is 4. The van der Waals surface area contributed by atoms with Gasteiger partial charge in [0.2, 0.25) is 5.91 Å². The average Bonchev–Trinajstić information content (AvgIpc) is 2.79. The molecule has 2 atom stereocenters. The van der Waals surface area contributed by atoms with Gasteiger partial charge < -0.3 is 26.0 Å². The van der Waals surface area contributed by atoms with Gasteiger partial charge in [-0.25, -0.2) is 9.18 Å². The van der Waals surface area contributed by atoms with Crippen LogP contribution in [0.2, 0.25) is 0 Å². The van der Waals surface area contributed by atoms with Crippen LogP contribution in [0.3, 0.4) is 0 Å². The molecule has 1 aliphatic rings. The third kappa shape index (κ3) is 6.80. The molecule has 0 saturated carbocycles. The third-order valence-electron chi connectivity index (χ3n) is 4.92. The monoisotopic (exact) mass is 454 g/mol. The van der Waals surface area contributed by atoms with E-state index in [-0.39, 0.29) is 23.8 Å². The molecule has 0 spiro atoms. The van der Waals surface area contributed by atoms with Crippen molar-refractivity contribution in [2.24, 2.45) is 5.92 Å². The summed E-state index contributed by atoms with van der Waals surface area (Å²) in [5.41, 5.74) is 1.05. The Morgan fingerprint density at radius 2 is 1.79 bits per heavy atom. The van der Waals surface area contributed by atoms with Crippen LogP contribution in [0, 0.1) is 11.7 Å². The Morgan fingerprint density at radius 3 is 2.45 bits per heavy atom. The van der Waals surface area contributed by atoms with E-state index in [1.807, 2.05) is 44.2 Å². The lowest BCUT2D eigenvalue weighted by molar-refractivity contribution is -0.126. The fourth-order valence-corrected chi connectivity index (χ4v) is 3.28. The van der Waals surface area contributed by atoms with E-state index in [9.17, 15) is 18.8 Å². The second-order valence-corrected chi connectivity index (χ2v) is 8.03. The van der Waals surface area contributed by atoms with Crippen molar-refractivity contribution in [3.05, 3.63) is 83.4 Å². The van der Waals surface area contributed by atoms with E-state index in [4.69, 9.17) is 4.74 Å². The quantitative estimate of drug-likeness (QED) is 0.491. The fraction of sp³-hybridized carbons (Fsp3) is 0.292. The van der Waals surface area contributed by atoms with Crippen molar-refractivity contribution in [2.45, 2.75) is 39.1 Å². The van der Waals surface area contributed by atoms with Gasteiger partial charge in [-0.3, -0.25) is 9.59 Å². The van der Waals surface area contributed by atoms with Crippen LogP contribution in [0.5, 0.6) is 0 Å². The molecule has 33 heavy (non-hydrogen) atoms. The molecule has 8 nitrogen and oxygen atoms in total. The molecular weight excluding hydrogens is 427 g/mol. The van der Waals surface area contributed by atoms with Crippen LogP contribution < -0.4 is 21.3 Å². The summed E-state index contributed by atoms with van der Waals surface area (Å²) in [7, 11) is 0. The molecule has 4 N–H and O–H groups in total. The Hall–Kier alpha value is -3.88. The zero-order chi connectivity index (χ0) is 23.8. The van der Waals surface area contributed by atoms with E-state index in [1.165, 1.54) is 12.3 Å². The Kier molecular flexibility index (Phi) is 8.01. The Bertz CT molecular complexity index is 1030. The smallest absolute Gasteiger partial charge is 0.408 e. The van der Waals surface area contributed by atoms with Crippen molar-refractivity contribution in [3.8, 4) is 0 Å². The Balaban J connectivity index is 1.60. The van der Waals surface area contributed by atoms with Crippen LogP contribution in [0.15, 0.2) is 66.5 Å². The minimum Gasteiger partial charge on any atom is -0.445 e. The van der Waals surface area contributed by atoms with Crippen molar-refractivity contribution in [1.82, 2.24) is 21.3 Å². The largest absolute Gasteiger partial charge is 0.445 e. The van der Waals surface area contributed by atoms with Crippen molar-refractivity contribution in [1.29, 1.82) is 0 Å². The number of benzene rings is 2. The maximum atomic E-state index is 14.0. The van der Waals surface area contributed by atoms with Crippen molar-refractivity contribution < 1.29 is 23.5 Å². The summed E-state index contributed by atoms with van der Waals surface area (Å²) in [5.74, 6) is -1.52. The van der Waals surface area contributed by atoms with Crippen molar-refractivity contribution >= 4 is 17.9 Å². The number of carbonyl (C=O) groups is 3. The molecule has 0 bridgehead atoms. The van der Waals surface area contributed by atoms with E-state index in [1.54, 1.807) is 18.2 Å². The molecule has 174 valence electrons. The number of ether oxygens (including phenoxy) is 1. The third-order valence-corrected chi connectivity index (χ3v) is 4.92. The van der Waals surface area contributed by atoms with Gasteiger partial charge in [-0.1, -0.05) is 62.4 Å². The fourth-order valence-electron chi connectivity index (χ4n) is 3.28. The predicted molar refractivity (Wildman–Crippen MR) is 120 cm³/mol. The predicted octanol–water partition coefficient (Wildman–Crippen LogP) is 2.84. The molecule has 1 aliphatic heterocycles. The first-order valence-electron chi connectivity index (χ1n) is 10.6. The second kappa shape index (κ2) is 11.1. The molecule has 2 aromatic carbocycles. The van der Waals surface area contributed by atoms with Crippen LogP contribution in [-0.4, -0.2) is 23.9 Å². The molecule has 0 aliphatic carbocycles. The summed E-state index contributed by atoms with van der Waals surface area (Å²) in [6.45, 7) is 3.88. The highest BCUT2D eigenvalue weighted by molar-refractivity contribution is 5.99. The molecule has 3 rings (SSSR count). The number of halogens is 1. The Labute approximate surface area is 191 Å². The van der Waals surface area contributed by atoms with E-state index in [0.29, 0.717) is 6.42 Å². The summed E-state index contributed by atoms with van der Waals surface area (Å²) in [6, 6.07) is 14.3. The normalized spacial score (nSPS) is 16.2. The number of carbonyl (C=O) groups excluding carboxylic acids is 3. The average molecular weight is 455 g/mol. The van der Waals surface area contributed by atoms with Crippen molar-refractivity contribution in [3.63, 3.8) is 0 Å². The van der Waals surface area contributed by atoms with Gasteiger partial charge in [0, 0.05) is 11.8 Å².